The van der Waals surface area contributed by atoms with Gasteiger partial charge in [0.05, 0.1) is 24.8 Å². The number of benzene rings is 2. The van der Waals surface area contributed by atoms with E-state index in [0.717, 1.165) is 28.3 Å². The van der Waals surface area contributed by atoms with Gasteiger partial charge in [0.2, 0.25) is 0 Å². The minimum Gasteiger partial charge on any atom is -0.496 e. The van der Waals surface area contributed by atoms with E-state index in [9.17, 15) is 0 Å². The average Bonchev–Trinajstić information content (AvgIpc) is 3.21. The lowest BCUT2D eigenvalue weighted by molar-refractivity contribution is 0.174. The molecule has 2 aliphatic rings. The summed E-state index contributed by atoms with van der Waals surface area (Å²) < 4.78 is 24.0. The molecule has 0 aliphatic carbocycles. The zero-order valence-corrected chi connectivity index (χ0v) is 17.6. The zero-order valence-electron chi connectivity index (χ0n) is 15.7. The maximum absolute atomic E-state index is 6.47. The molecule has 0 aromatic heterocycles. The van der Waals surface area contributed by atoms with Gasteiger partial charge in [-0.2, -0.15) is 0 Å². The summed E-state index contributed by atoms with van der Waals surface area (Å²) >= 11 is 0. The second-order valence-corrected chi connectivity index (χ2v) is 11.8. The Balaban J connectivity index is 1.72. The van der Waals surface area contributed by atoms with E-state index in [1.807, 2.05) is 36.4 Å². The van der Waals surface area contributed by atoms with Crippen LogP contribution in [0.25, 0.3) is 0 Å². The van der Waals surface area contributed by atoms with Crippen molar-refractivity contribution in [2.45, 2.75) is 37.6 Å². The van der Waals surface area contributed by atoms with Crippen LogP contribution in [0.15, 0.2) is 36.4 Å². The highest BCUT2D eigenvalue weighted by Gasteiger charge is 2.49. The van der Waals surface area contributed by atoms with Crippen LogP contribution >= 0.6 is 16.5 Å². The first-order valence-electron chi connectivity index (χ1n) is 8.67. The number of methoxy groups -OCH3 is 2. The standard InChI is InChI=1S/C20H24O4P2/c1-20(2,3)26-17-14(22-5)10-7-11-15(17)24-19(26)18-23-13-9-6-8-12(21-4)16(13)25-18/h6-11,18-19,25H,1-5H3/t18?,19-,26-/m1/s1. The highest BCUT2D eigenvalue weighted by atomic mass is 31.1. The number of ether oxygens (including phenoxy) is 4. The number of hydrogen-bond donors (Lipinski definition) is 0. The molecular weight excluding hydrogens is 366 g/mol. The van der Waals surface area contributed by atoms with Crippen molar-refractivity contribution in [1.29, 1.82) is 0 Å². The van der Waals surface area contributed by atoms with Crippen molar-refractivity contribution < 1.29 is 18.9 Å². The molecule has 138 valence electrons. The van der Waals surface area contributed by atoms with Crippen LogP contribution in [-0.4, -0.2) is 31.1 Å². The van der Waals surface area contributed by atoms with E-state index in [1.54, 1.807) is 14.2 Å². The molecule has 0 bridgehead atoms. The fraction of sp³-hybridized carbons (Fsp3) is 0.400. The second-order valence-electron chi connectivity index (χ2n) is 7.37. The Morgan fingerprint density at radius 1 is 0.923 bits per heavy atom. The summed E-state index contributed by atoms with van der Waals surface area (Å²) in [5.41, 5.74) is 0. The summed E-state index contributed by atoms with van der Waals surface area (Å²) in [6, 6.07) is 12.1. The number of fused-ring (bicyclic) bond motifs is 2. The molecule has 26 heavy (non-hydrogen) atoms. The Morgan fingerprint density at radius 3 is 2.23 bits per heavy atom. The fourth-order valence-electron chi connectivity index (χ4n) is 3.58. The molecule has 0 fully saturated rings. The zero-order chi connectivity index (χ0) is 18.5. The highest BCUT2D eigenvalue weighted by Crippen LogP contribution is 2.63. The lowest BCUT2D eigenvalue weighted by Gasteiger charge is -2.34. The Morgan fingerprint density at radius 2 is 1.58 bits per heavy atom. The van der Waals surface area contributed by atoms with Crippen molar-refractivity contribution in [3.63, 3.8) is 0 Å². The molecule has 0 spiro atoms. The first-order valence-corrected chi connectivity index (χ1v) is 11.2. The summed E-state index contributed by atoms with van der Waals surface area (Å²) in [6.07, 6.45) is 0. The minimum absolute atomic E-state index is 0.00347. The molecular formula is C20H24O4P2. The van der Waals surface area contributed by atoms with Crippen molar-refractivity contribution in [1.82, 2.24) is 0 Å². The molecule has 4 nitrogen and oxygen atoms in total. The van der Waals surface area contributed by atoms with Crippen LogP contribution in [0.5, 0.6) is 23.0 Å². The average molecular weight is 390 g/mol. The van der Waals surface area contributed by atoms with Crippen molar-refractivity contribution in [3.05, 3.63) is 36.4 Å². The van der Waals surface area contributed by atoms with E-state index >= 15 is 0 Å². The molecule has 6 heteroatoms. The molecule has 2 aromatic rings. The molecule has 2 aromatic carbocycles. The lowest BCUT2D eigenvalue weighted by Crippen LogP contribution is -2.33. The van der Waals surface area contributed by atoms with Crippen LogP contribution in [0.4, 0.5) is 0 Å². The maximum atomic E-state index is 6.47. The Bertz CT molecular complexity index is 831. The Kier molecular flexibility index (Phi) is 4.53. The van der Waals surface area contributed by atoms with Gasteiger partial charge in [-0.05, 0) is 45.9 Å². The third kappa shape index (κ3) is 2.84. The molecule has 0 saturated heterocycles. The predicted molar refractivity (Wildman–Crippen MR) is 109 cm³/mol. The number of rotatable bonds is 3. The smallest absolute Gasteiger partial charge is 0.162 e. The van der Waals surface area contributed by atoms with Gasteiger partial charge in [-0.15, -0.1) is 0 Å². The van der Waals surface area contributed by atoms with Crippen LogP contribution in [-0.2, 0) is 0 Å². The molecule has 0 amide bonds. The molecule has 4 rings (SSSR count). The highest BCUT2D eigenvalue weighted by molar-refractivity contribution is 7.69. The first kappa shape index (κ1) is 17.9. The van der Waals surface area contributed by atoms with Gasteiger partial charge in [0.1, 0.15) is 23.0 Å². The summed E-state index contributed by atoms with van der Waals surface area (Å²) in [5, 5.41) is 2.46. The van der Waals surface area contributed by atoms with Crippen LogP contribution in [0, 0.1) is 0 Å². The molecule has 0 saturated carbocycles. The van der Waals surface area contributed by atoms with Gasteiger partial charge in [-0.1, -0.05) is 32.9 Å². The largest absolute Gasteiger partial charge is 0.496 e. The molecule has 4 atom stereocenters. The summed E-state index contributed by atoms with van der Waals surface area (Å²) in [4.78, 5) is 0. The molecule has 0 radical (unpaired) electrons. The van der Waals surface area contributed by atoms with E-state index < -0.39 is 7.92 Å². The van der Waals surface area contributed by atoms with Crippen molar-refractivity contribution in [2.75, 3.05) is 14.2 Å². The van der Waals surface area contributed by atoms with Crippen molar-refractivity contribution in [2.24, 2.45) is 0 Å². The number of hydrogen-bond acceptors (Lipinski definition) is 4. The fourth-order valence-corrected chi connectivity index (χ4v) is 8.55. The van der Waals surface area contributed by atoms with Gasteiger partial charge in [-0.25, -0.2) is 0 Å². The minimum atomic E-state index is -0.626. The van der Waals surface area contributed by atoms with Crippen LogP contribution in [0.2, 0.25) is 0 Å². The summed E-state index contributed by atoms with van der Waals surface area (Å²) in [5.74, 6) is 3.68. The molecule has 0 N–H and O–H groups in total. The van der Waals surface area contributed by atoms with E-state index in [-0.39, 0.29) is 16.8 Å². The van der Waals surface area contributed by atoms with E-state index in [0.29, 0.717) is 8.58 Å². The van der Waals surface area contributed by atoms with Crippen LogP contribution in [0.3, 0.4) is 0 Å². The first-order chi connectivity index (χ1) is 12.4. The van der Waals surface area contributed by atoms with Gasteiger partial charge in [0, 0.05) is 0 Å². The lowest BCUT2D eigenvalue weighted by atomic mass is 10.3. The van der Waals surface area contributed by atoms with E-state index in [2.05, 4.69) is 20.8 Å². The molecule has 2 unspecified atom stereocenters. The summed E-state index contributed by atoms with van der Waals surface area (Å²) in [7, 11) is 3.32. The SMILES string of the molecule is COc1cccc2c1PC([C@@H]1Oc3cccc(OC)c3[P@@]1C(C)(C)C)O2. The third-order valence-corrected chi connectivity index (χ3v) is 9.68. The Hall–Kier alpha value is -1.50. The maximum Gasteiger partial charge on any atom is 0.162 e. The second kappa shape index (κ2) is 6.59. The quantitative estimate of drug-likeness (QED) is 0.741. The van der Waals surface area contributed by atoms with Gasteiger partial charge in [-0.3, -0.25) is 0 Å². The molecule has 2 heterocycles. The van der Waals surface area contributed by atoms with Crippen molar-refractivity contribution >= 4 is 27.1 Å². The van der Waals surface area contributed by atoms with Gasteiger partial charge in [0.15, 0.2) is 11.7 Å². The van der Waals surface area contributed by atoms with Crippen LogP contribution in [0.1, 0.15) is 20.8 Å². The predicted octanol–water partition coefficient (Wildman–Crippen LogP) is 4.05. The topological polar surface area (TPSA) is 36.9 Å². The third-order valence-electron chi connectivity index (χ3n) is 4.66. The van der Waals surface area contributed by atoms with Gasteiger partial charge >= 0.3 is 0 Å². The van der Waals surface area contributed by atoms with E-state index in [4.69, 9.17) is 18.9 Å². The molecule has 2 aliphatic heterocycles. The van der Waals surface area contributed by atoms with Gasteiger partial charge in [0.25, 0.3) is 0 Å². The van der Waals surface area contributed by atoms with Gasteiger partial charge < -0.3 is 18.9 Å². The normalized spacial score (nSPS) is 24.6. The van der Waals surface area contributed by atoms with Crippen LogP contribution < -0.4 is 29.6 Å². The Labute approximate surface area is 157 Å². The van der Waals surface area contributed by atoms with Crippen molar-refractivity contribution in [3.8, 4) is 23.0 Å². The monoisotopic (exact) mass is 390 g/mol. The summed E-state index contributed by atoms with van der Waals surface area (Å²) in [6.45, 7) is 6.84. The van der Waals surface area contributed by atoms with E-state index in [1.165, 1.54) is 5.30 Å².